The highest BCUT2D eigenvalue weighted by Gasteiger charge is 2.19. The van der Waals surface area contributed by atoms with E-state index in [2.05, 4.69) is 81.5 Å². The third-order valence-corrected chi connectivity index (χ3v) is 10.5. The molecule has 0 aliphatic rings. The van der Waals surface area contributed by atoms with Crippen molar-refractivity contribution in [3.05, 3.63) is 60.8 Å². The molecule has 0 bridgehead atoms. The van der Waals surface area contributed by atoms with Crippen LogP contribution in [-0.2, 0) is 28.6 Å². The molecular weight excluding hydrogens is 733 g/mol. The van der Waals surface area contributed by atoms with Gasteiger partial charge < -0.3 is 14.2 Å². The van der Waals surface area contributed by atoms with Crippen LogP contribution >= 0.6 is 0 Å². The fourth-order valence-corrected chi connectivity index (χ4v) is 6.82. The van der Waals surface area contributed by atoms with Crippen molar-refractivity contribution < 1.29 is 28.6 Å². The number of unbranched alkanes of at least 4 members (excludes halogenated alkanes) is 23. The number of hydrogen-bond acceptors (Lipinski definition) is 6. The molecule has 0 saturated carbocycles. The van der Waals surface area contributed by atoms with E-state index in [1.807, 2.05) is 0 Å². The van der Waals surface area contributed by atoms with Crippen molar-refractivity contribution in [2.45, 2.75) is 245 Å². The Morgan fingerprint density at radius 1 is 0.356 bits per heavy atom. The molecule has 0 aromatic carbocycles. The first-order valence-electron chi connectivity index (χ1n) is 24.8. The molecule has 1 atom stereocenters. The largest absolute Gasteiger partial charge is 0.462 e. The Balaban J connectivity index is 4.35. The molecule has 0 aromatic heterocycles. The standard InChI is InChI=1S/C53H92O6/c1-4-7-10-13-16-19-21-23-25-26-27-28-29-31-32-34-37-40-43-46-52(55)58-49-50(48-57-51(54)45-42-39-36-18-15-12-9-6-3)59-53(56)47-44-41-38-35-33-30-24-22-20-17-14-11-8-5-2/h7,10,16,19,23,25,27-28,31-32,50H,4-6,8-9,11-15,17-18,20-22,24,26,29-30,33-49H2,1-3H3/b10-7-,19-16-,25-23-,28-27-,32-31-. The summed E-state index contributed by atoms with van der Waals surface area (Å²) in [5.41, 5.74) is 0. The summed E-state index contributed by atoms with van der Waals surface area (Å²) in [4.78, 5) is 37.8. The Morgan fingerprint density at radius 2 is 0.661 bits per heavy atom. The summed E-state index contributed by atoms with van der Waals surface area (Å²) in [6.07, 6.45) is 57.8. The lowest BCUT2D eigenvalue weighted by molar-refractivity contribution is -0.167. The molecule has 6 heteroatoms. The molecule has 0 fully saturated rings. The van der Waals surface area contributed by atoms with E-state index >= 15 is 0 Å². The predicted octanol–water partition coefficient (Wildman–Crippen LogP) is 16.1. The van der Waals surface area contributed by atoms with E-state index in [0.29, 0.717) is 19.3 Å². The summed E-state index contributed by atoms with van der Waals surface area (Å²) in [6.45, 7) is 6.47. The lowest BCUT2D eigenvalue weighted by Gasteiger charge is -2.18. The fourth-order valence-electron chi connectivity index (χ4n) is 6.82. The molecule has 0 radical (unpaired) electrons. The Morgan fingerprint density at radius 3 is 1.03 bits per heavy atom. The fraction of sp³-hybridized carbons (Fsp3) is 0.755. The second-order valence-corrected chi connectivity index (χ2v) is 16.4. The summed E-state index contributed by atoms with van der Waals surface area (Å²) in [6, 6.07) is 0. The number of ether oxygens (including phenoxy) is 3. The van der Waals surface area contributed by atoms with E-state index in [0.717, 1.165) is 96.3 Å². The first-order chi connectivity index (χ1) is 29.0. The van der Waals surface area contributed by atoms with Crippen LogP contribution in [0.25, 0.3) is 0 Å². The highest BCUT2D eigenvalue weighted by Crippen LogP contribution is 2.15. The van der Waals surface area contributed by atoms with Crippen molar-refractivity contribution in [2.75, 3.05) is 13.2 Å². The molecule has 0 aliphatic heterocycles. The Hall–Kier alpha value is -2.89. The van der Waals surface area contributed by atoms with Crippen molar-refractivity contribution >= 4 is 17.9 Å². The average Bonchev–Trinajstić information content (AvgIpc) is 3.23. The van der Waals surface area contributed by atoms with E-state index in [1.165, 1.54) is 103 Å². The maximum absolute atomic E-state index is 12.7. The van der Waals surface area contributed by atoms with Crippen LogP contribution in [0.3, 0.4) is 0 Å². The summed E-state index contributed by atoms with van der Waals surface area (Å²) in [7, 11) is 0. The Kier molecular flexibility index (Phi) is 45.4. The SMILES string of the molecule is CC/C=C\C/C=C\C/C=C\C/C=C\C/C=C\CCCCCC(=O)OCC(COC(=O)CCCCCCCCCC)OC(=O)CCCCCCCCCCCCCCCC. The number of hydrogen-bond donors (Lipinski definition) is 0. The van der Waals surface area contributed by atoms with Gasteiger partial charge in [-0.05, 0) is 64.2 Å². The van der Waals surface area contributed by atoms with Gasteiger partial charge in [0.2, 0.25) is 0 Å². The van der Waals surface area contributed by atoms with E-state index in [1.54, 1.807) is 0 Å². The summed E-state index contributed by atoms with van der Waals surface area (Å²) < 4.78 is 16.7. The molecular formula is C53H92O6. The number of rotatable bonds is 44. The predicted molar refractivity (Wildman–Crippen MR) is 251 cm³/mol. The first-order valence-corrected chi connectivity index (χ1v) is 24.8. The van der Waals surface area contributed by atoms with Crippen LogP contribution in [0.15, 0.2) is 60.8 Å². The van der Waals surface area contributed by atoms with Gasteiger partial charge in [-0.3, -0.25) is 14.4 Å². The van der Waals surface area contributed by atoms with E-state index in [-0.39, 0.29) is 31.1 Å². The molecule has 0 amide bonds. The van der Waals surface area contributed by atoms with Gasteiger partial charge in [-0.25, -0.2) is 0 Å². The second kappa shape index (κ2) is 47.8. The third kappa shape index (κ3) is 46.0. The minimum absolute atomic E-state index is 0.0825. The summed E-state index contributed by atoms with van der Waals surface area (Å²) >= 11 is 0. The van der Waals surface area contributed by atoms with Crippen LogP contribution in [0.1, 0.15) is 239 Å². The van der Waals surface area contributed by atoms with Crippen LogP contribution < -0.4 is 0 Å². The molecule has 1 unspecified atom stereocenters. The zero-order valence-electron chi connectivity index (χ0n) is 38.8. The molecule has 0 heterocycles. The lowest BCUT2D eigenvalue weighted by atomic mass is 10.0. The van der Waals surface area contributed by atoms with Gasteiger partial charge in [-0.15, -0.1) is 0 Å². The smallest absolute Gasteiger partial charge is 0.306 e. The van der Waals surface area contributed by atoms with Gasteiger partial charge in [-0.2, -0.15) is 0 Å². The van der Waals surface area contributed by atoms with Crippen LogP contribution in [-0.4, -0.2) is 37.2 Å². The molecule has 0 rings (SSSR count). The first kappa shape index (κ1) is 56.1. The monoisotopic (exact) mass is 825 g/mol. The molecule has 0 spiro atoms. The van der Waals surface area contributed by atoms with Crippen molar-refractivity contribution in [3.8, 4) is 0 Å². The van der Waals surface area contributed by atoms with Crippen molar-refractivity contribution in [3.63, 3.8) is 0 Å². The Labute approximate surface area is 364 Å². The van der Waals surface area contributed by atoms with Crippen LogP contribution in [0.5, 0.6) is 0 Å². The van der Waals surface area contributed by atoms with Crippen molar-refractivity contribution in [1.82, 2.24) is 0 Å². The normalized spacial score (nSPS) is 12.5. The number of carbonyl (C=O) groups is 3. The van der Waals surface area contributed by atoms with E-state index < -0.39 is 6.10 Å². The van der Waals surface area contributed by atoms with Gasteiger partial charge in [0.25, 0.3) is 0 Å². The van der Waals surface area contributed by atoms with E-state index in [4.69, 9.17) is 14.2 Å². The quantitative estimate of drug-likeness (QED) is 0.0263. The molecule has 0 saturated heterocycles. The van der Waals surface area contributed by atoms with Gasteiger partial charge in [-0.1, -0.05) is 216 Å². The highest BCUT2D eigenvalue weighted by molar-refractivity contribution is 5.71. The van der Waals surface area contributed by atoms with Crippen molar-refractivity contribution in [1.29, 1.82) is 0 Å². The lowest BCUT2D eigenvalue weighted by Crippen LogP contribution is -2.30. The second-order valence-electron chi connectivity index (χ2n) is 16.4. The molecule has 340 valence electrons. The maximum atomic E-state index is 12.7. The molecule has 59 heavy (non-hydrogen) atoms. The zero-order chi connectivity index (χ0) is 43.0. The third-order valence-electron chi connectivity index (χ3n) is 10.5. The van der Waals surface area contributed by atoms with Gasteiger partial charge in [0, 0.05) is 19.3 Å². The summed E-state index contributed by atoms with van der Waals surface area (Å²) in [5, 5.41) is 0. The van der Waals surface area contributed by atoms with Gasteiger partial charge in [0.15, 0.2) is 6.10 Å². The molecule has 6 nitrogen and oxygen atoms in total. The topological polar surface area (TPSA) is 78.9 Å². The van der Waals surface area contributed by atoms with Gasteiger partial charge in [0.1, 0.15) is 13.2 Å². The minimum Gasteiger partial charge on any atom is -0.462 e. The molecule has 0 aliphatic carbocycles. The number of esters is 3. The minimum atomic E-state index is -0.782. The van der Waals surface area contributed by atoms with Gasteiger partial charge >= 0.3 is 17.9 Å². The van der Waals surface area contributed by atoms with E-state index in [9.17, 15) is 14.4 Å². The van der Waals surface area contributed by atoms with Crippen LogP contribution in [0.2, 0.25) is 0 Å². The zero-order valence-corrected chi connectivity index (χ0v) is 38.8. The maximum Gasteiger partial charge on any atom is 0.306 e. The van der Waals surface area contributed by atoms with Crippen molar-refractivity contribution in [2.24, 2.45) is 0 Å². The van der Waals surface area contributed by atoms with Gasteiger partial charge in [0.05, 0.1) is 0 Å². The summed E-state index contributed by atoms with van der Waals surface area (Å²) in [5.74, 6) is -0.917. The van der Waals surface area contributed by atoms with Crippen LogP contribution in [0, 0.1) is 0 Å². The molecule has 0 aromatic rings. The highest BCUT2D eigenvalue weighted by atomic mass is 16.6. The average molecular weight is 825 g/mol. The molecule has 0 N–H and O–H groups in total. The Bertz CT molecular complexity index is 1090. The van der Waals surface area contributed by atoms with Crippen LogP contribution in [0.4, 0.5) is 0 Å². The number of carbonyl (C=O) groups excluding carboxylic acids is 3. The number of allylic oxidation sites excluding steroid dienone is 10.